The van der Waals surface area contributed by atoms with Crippen LogP contribution in [-0.4, -0.2) is 39.1 Å². The molecule has 0 aromatic heterocycles. The molecule has 37 heavy (non-hydrogen) atoms. The first-order valence-corrected chi connectivity index (χ1v) is 25.0. The Morgan fingerprint density at radius 2 is 0.459 bits per heavy atom. The van der Waals surface area contributed by atoms with Gasteiger partial charge in [-0.05, 0) is 0 Å². The van der Waals surface area contributed by atoms with E-state index in [0.717, 1.165) is 0 Å². The smallest absolute Gasteiger partial charge is 4.00 e. The summed E-state index contributed by atoms with van der Waals surface area (Å²) < 4.78 is 163. The van der Waals surface area contributed by atoms with Gasteiger partial charge in [0.2, 0.25) is 0 Å². The van der Waals surface area contributed by atoms with Crippen LogP contribution in [0.2, 0.25) is 0 Å². The molecule has 0 radical (unpaired) electrons. The van der Waals surface area contributed by atoms with Gasteiger partial charge in [0.05, 0.1) is 0 Å². The van der Waals surface area contributed by atoms with Gasteiger partial charge in [0.1, 0.15) is 0 Å². The molecule has 0 aliphatic rings. The van der Waals surface area contributed by atoms with Crippen LogP contribution >= 0.6 is 31.3 Å². The Labute approximate surface area is 234 Å². The van der Waals surface area contributed by atoms with E-state index in [-0.39, 0.29) is 26.2 Å². The second-order valence-electron chi connectivity index (χ2n) is 3.89. The zero-order chi connectivity index (χ0) is 30.8. The quantitative estimate of drug-likeness (QED) is 0.0827. The summed E-state index contributed by atoms with van der Waals surface area (Å²) in [5.74, 6) is 0. The van der Waals surface area contributed by atoms with Gasteiger partial charge < -0.3 is 0 Å². The average molecular weight is 1050 g/mol. The molecule has 0 aromatic rings. The van der Waals surface area contributed by atoms with E-state index in [9.17, 15) is 60.5 Å². The number of rotatable bonds is 8. The monoisotopic (exact) mass is 1060 g/mol. The van der Waals surface area contributed by atoms with Gasteiger partial charge >= 0.3 is 237 Å². The first kappa shape index (κ1) is 49.0. The summed E-state index contributed by atoms with van der Waals surface area (Å²) in [4.78, 5) is 61.5. The Morgan fingerprint density at radius 1 is 0.378 bits per heavy atom. The maximum absolute atomic E-state index is 9.57. The molecule has 0 aromatic carbocycles. The van der Waals surface area contributed by atoms with E-state index in [1.807, 2.05) is 0 Å². The van der Waals surface area contributed by atoms with Gasteiger partial charge in [0, 0.05) is 0 Å². The molecule has 0 atom stereocenters. The normalized spacial score (nSPS) is 13.3. The van der Waals surface area contributed by atoms with Crippen molar-refractivity contribution in [3.05, 3.63) is 0 Å². The molecule has 0 bridgehead atoms. The summed E-state index contributed by atoms with van der Waals surface area (Å²) in [6, 6.07) is 0. The van der Waals surface area contributed by atoms with Crippen LogP contribution < -0.4 is 15.0 Å². The third-order valence-electron chi connectivity index (χ3n) is 0.754. The second kappa shape index (κ2) is 18.1. The third kappa shape index (κ3) is 73.0. The summed E-state index contributed by atoms with van der Waals surface area (Å²) in [6.07, 6.45) is 0. The molecule has 0 aliphatic carbocycles. The van der Waals surface area contributed by atoms with Crippen molar-refractivity contribution in [2.75, 3.05) is 0 Å². The molecular weight excluding hydrogens is 1050 g/mol. The van der Waals surface area contributed by atoms with Crippen molar-refractivity contribution in [3.63, 3.8) is 0 Å². The molecule has 0 spiro atoms. The van der Waals surface area contributed by atoms with Gasteiger partial charge in [-0.2, -0.15) is 0 Å². The van der Waals surface area contributed by atoms with Crippen LogP contribution in [0.3, 0.4) is 0 Å². The minimum absolute atomic E-state index is 0. The van der Waals surface area contributed by atoms with Crippen molar-refractivity contribution >= 4 is 31.3 Å². The average Bonchev–Trinajstić information content (AvgIpc) is 2.19. The van der Waals surface area contributed by atoms with Crippen molar-refractivity contribution in [2.24, 2.45) is 0 Å². The molecule has 0 saturated heterocycles. The summed E-state index contributed by atoms with van der Waals surface area (Å²) >= 11 is -25.1. The summed E-state index contributed by atoms with van der Waals surface area (Å²) in [5, 5.41) is 0. The Balaban J connectivity index is -0.000000122. The third-order valence-corrected chi connectivity index (χ3v) is 13.4. The number of hydrogen-bond acceptors (Lipinski definition) is 20. The van der Waals surface area contributed by atoms with Gasteiger partial charge in [-0.1, -0.05) is 0 Å². The van der Waals surface area contributed by atoms with Crippen molar-refractivity contribution in [1.82, 2.24) is 0 Å². The molecule has 0 aliphatic heterocycles. The predicted octanol–water partition coefficient (Wildman–Crippen LogP) is -7.48. The van der Waals surface area contributed by atoms with Gasteiger partial charge in [-0.25, -0.2) is 0 Å². The van der Waals surface area contributed by atoms with E-state index in [2.05, 4.69) is 12.7 Å². The minimum atomic E-state index is -6.28. The fourth-order valence-corrected chi connectivity index (χ4v) is 8.44. The molecule has 0 amide bonds. The molecule has 0 rings (SSSR count). The largest absolute Gasteiger partial charge is 4.00 e. The molecule has 8 N–H and O–H groups in total. The maximum atomic E-state index is 9.57. The minimum Gasteiger partial charge on any atom is 4.00 e. The van der Waals surface area contributed by atoms with Crippen LogP contribution in [0.4, 0.5) is 0 Å². The van der Waals surface area contributed by atoms with E-state index < -0.39 is 98.3 Å². The molecule has 0 unspecified atom stereocenters. The number of phosphoric acid groups is 4. The molecule has 0 heterocycles. The van der Waals surface area contributed by atoms with Gasteiger partial charge in [-0.3, -0.25) is 0 Å². The SMILES string of the molecule is O=P(O)(O)[O][Mo](=[O])(=[O])[O-].O=P(O)(O)[O][Mo](=[O])(=[O])[O-].O=P(O)(O)[O][Mo](=[O])(=[O])[O-].O=P(O)(O)[O][Mo](=[O])(=[O])[O-].[Zr+4]. The van der Waals surface area contributed by atoms with E-state index in [0.29, 0.717) is 0 Å². The molecule has 224 valence electrons. The van der Waals surface area contributed by atoms with Gasteiger partial charge in [0.15, 0.2) is 0 Å². The fourth-order valence-electron chi connectivity index (χ4n) is 0.476. The maximum Gasteiger partial charge on any atom is 4.00 e. The van der Waals surface area contributed by atoms with Crippen molar-refractivity contribution < 1.29 is 206 Å². The van der Waals surface area contributed by atoms with E-state index >= 15 is 0 Å². The van der Waals surface area contributed by atoms with Crippen LogP contribution in [0.1, 0.15) is 0 Å². The Kier molecular flexibility index (Phi) is 24.0. The summed E-state index contributed by atoms with van der Waals surface area (Å²) in [5.41, 5.74) is 0. The van der Waals surface area contributed by atoms with Crippen LogP contribution in [0.5, 0.6) is 0 Å². The standard InChI is InChI=1S/4Mo.4H3O4P.12O.Zr/c;;;;4*1-5(2,3)4;;;;;;;;;;;;;/h;;;;4*(H3,1,2,3,4);;;;;;;;;;;;;/q4*+1;;;;;;;;;;;;;4*-1;+4/p-4. The van der Waals surface area contributed by atoms with Crippen molar-refractivity contribution in [3.8, 4) is 0 Å². The first-order valence-electron chi connectivity index (χ1n) is 5.73. The molecule has 0 fully saturated rings. The summed E-state index contributed by atoms with van der Waals surface area (Å²) in [6.45, 7) is 0. The predicted molar refractivity (Wildman–Crippen MR) is 58.0 cm³/mol. The number of hydrogen-bond donors (Lipinski definition) is 8. The topological polar surface area (TPSA) is 496 Å². The molecule has 37 heteroatoms. The molecule has 0 saturated carbocycles. The fraction of sp³-hybridized carbons (Fsp3) is 0. The van der Waals surface area contributed by atoms with Crippen LogP contribution in [0, 0.1) is 0 Å². The zero-order valence-corrected chi connectivity index (χ0v) is 29.7. The van der Waals surface area contributed by atoms with Crippen LogP contribution in [0.15, 0.2) is 0 Å². The summed E-state index contributed by atoms with van der Waals surface area (Å²) in [7, 11) is -20.6. The van der Waals surface area contributed by atoms with Gasteiger partial charge in [0.25, 0.3) is 0 Å². The van der Waals surface area contributed by atoms with Crippen molar-refractivity contribution in [1.29, 1.82) is 0 Å². The van der Waals surface area contributed by atoms with E-state index in [1.54, 1.807) is 0 Å². The Hall–Kier alpha value is 2.32. The van der Waals surface area contributed by atoms with E-state index in [4.69, 9.17) is 39.1 Å². The van der Waals surface area contributed by atoms with Crippen LogP contribution in [-0.2, 0) is 151 Å². The van der Waals surface area contributed by atoms with Crippen LogP contribution in [0.25, 0.3) is 0 Å². The zero-order valence-electron chi connectivity index (χ0n) is 15.7. The van der Waals surface area contributed by atoms with E-state index in [1.165, 1.54) is 0 Å². The first-order chi connectivity index (χ1) is 14.8. The Bertz CT molecular complexity index is 1080. The van der Waals surface area contributed by atoms with Crippen molar-refractivity contribution in [2.45, 2.75) is 0 Å². The van der Waals surface area contributed by atoms with Gasteiger partial charge in [-0.15, -0.1) is 0 Å². The second-order valence-corrected chi connectivity index (χ2v) is 20.8. The Morgan fingerprint density at radius 3 is 0.459 bits per heavy atom. The molecule has 28 nitrogen and oxygen atoms in total. The molecular formula is H8Mo4O28P4Zr.